The highest BCUT2D eigenvalue weighted by Gasteiger charge is 2.22. The number of carbonyl (C=O) groups is 1. The van der Waals surface area contributed by atoms with Gasteiger partial charge in [-0.2, -0.15) is 5.26 Å². The smallest absolute Gasteiger partial charge is 0.219 e. The van der Waals surface area contributed by atoms with Gasteiger partial charge in [-0.1, -0.05) is 13.8 Å². The first-order valence-electron chi connectivity index (χ1n) is 7.53. The lowest BCUT2D eigenvalue weighted by Crippen LogP contribution is -2.47. The molecule has 6 heteroatoms. The van der Waals surface area contributed by atoms with Crippen molar-refractivity contribution in [2.24, 2.45) is 0 Å². The number of rotatable bonds is 4. The Hall–Kier alpha value is -2.13. The van der Waals surface area contributed by atoms with Gasteiger partial charge in [0, 0.05) is 32.3 Å². The zero-order valence-corrected chi connectivity index (χ0v) is 13.3. The van der Waals surface area contributed by atoms with E-state index in [1.807, 2.05) is 6.07 Å². The quantitative estimate of drug-likeness (QED) is 0.916. The van der Waals surface area contributed by atoms with Gasteiger partial charge in [0.25, 0.3) is 0 Å². The number of amides is 1. The maximum Gasteiger partial charge on any atom is 0.219 e. The van der Waals surface area contributed by atoms with Gasteiger partial charge in [0.05, 0.1) is 18.3 Å². The molecule has 118 valence electrons. The minimum absolute atomic E-state index is 0.0611. The number of hydrogen-bond donors (Lipinski definition) is 1. The van der Waals surface area contributed by atoms with Crippen LogP contribution >= 0.6 is 0 Å². The second kappa shape index (κ2) is 7.23. The van der Waals surface area contributed by atoms with Gasteiger partial charge >= 0.3 is 0 Å². The van der Waals surface area contributed by atoms with Crippen molar-refractivity contribution in [3.05, 3.63) is 23.4 Å². The number of ether oxygens (including phenoxy) is 1. The van der Waals surface area contributed by atoms with Crippen LogP contribution in [-0.4, -0.2) is 48.1 Å². The van der Waals surface area contributed by atoms with E-state index in [2.05, 4.69) is 30.2 Å². The molecule has 2 rings (SSSR count). The van der Waals surface area contributed by atoms with Crippen LogP contribution in [0.4, 0.5) is 5.82 Å². The van der Waals surface area contributed by atoms with E-state index < -0.39 is 0 Å². The van der Waals surface area contributed by atoms with E-state index >= 15 is 0 Å². The van der Waals surface area contributed by atoms with Gasteiger partial charge in [0.15, 0.2) is 0 Å². The lowest BCUT2D eigenvalue weighted by molar-refractivity contribution is -0.135. The molecule has 1 aromatic rings. The Morgan fingerprint density at radius 2 is 2.36 bits per heavy atom. The number of nitrogens with one attached hydrogen (secondary N) is 1. The fourth-order valence-corrected chi connectivity index (χ4v) is 2.36. The summed E-state index contributed by atoms with van der Waals surface area (Å²) < 4.78 is 5.66. The van der Waals surface area contributed by atoms with Gasteiger partial charge in [0.1, 0.15) is 11.9 Å². The Bertz CT molecular complexity index is 580. The molecule has 0 radical (unpaired) electrons. The molecule has 2 heterocycles. The molecule has 0 aromatic carbocycles. The summed E-state index contributed by atoms with van der Waals surface area (Å²) in [5.74, 6) is 0.940. The second-order valence-corrected chi connectivity index (χ2v) is 5.74. The number of hydrogen-bond acceptors (Lipinski definition) is 5. The third kappa shape index (κ3) is 3.95. The summed E-state index contributed by atoms with van der Waals surface area (Å²) >= 11 is 0. The Morgan fingerprint density at radius 1 is 1.59 bits per heavy atom. The maximum atomic E-state index is 11.4. The first-order valence-corrected chi connectivity index (χ1v) is 7.53. The summed E-state index contributed by atoms with van der Waals surface area (Å²) in [6, 6.07) is 5.81. The van der Waals surface area contributed by atoms with E-state index in [4.69, 9.17) is 4.74 Å². The second-order valence-electron chi connectivity index (χ2n) is 5.74. The summed E-state index contributed by atoms with van der Waals surface area (Å²) in [6.45, 7) is 7.95. The van der Waals surface area contributed by atoms with Crippen molar-refractivity contribution in [3.8, 4) is 6.07 Å². The van der Waals surface area contributed by atoms with Crippen LogP contribution in [0, 0.1) is 11.3 Å². The van der Waals surface area contributed by atoms with E-state index in [9.17, 15) is 10.1 Å². The summed E-state index contributed by atoms with van der Waals surface area (Å²) in [4.78, 5) is 17.7. The Morgan fingerprint density at radius 3 is 3.00 bits per heavy atom. The third-order valence-corrected chi connectivity index (χ3v) is 3.71. The highest BCUT2D eigenvalue weighted by Crippen LogP contribution is 2.18. The SMILES string of the molecule is CC(=O)N1CCO[C@H](CNc2nc(C(C)C)ccc2C#N)C1. The molecular formula is C16H22N4O2. The lowest BCUT2D eigenvalue weighted by atomic mass is 10.1. The van der Waals surface area contributed by atoms with Gasteiger partial charge < -0.3 is 15.0 Å². The van der Waals surface area contributed by atoms with Crippen molar-refractivity contribution in [3.63, 3.8) is 0 Å². The number of anilines is 1. The van der Waals surface area contributed by atoms with E-state index in [0.29, 0.717) is 43.5 Å². The van der Waals surface area contributed by atoms with E-state index in [-0.39, 0.29) is 12.0 Å². The Labute approximate surface area is 131 Å². The van der Waals surface area contributed by atoms with Crippen LogP contribution in [0.2, 0.25) is 0 Å². The van der Waals surface area contributed by atoms with Gasteiger partial charge in [-0.05, 0) is 18.1 Å². The molecule has 1 aliphatic rings. The molecule has 1 atom stereocenters. The first kappa shape index (κ1) is 16.2. The van der Waals surface area contributed by atoms with Crippen molar-refractivity contribution < 1.29 is 9.53 Å². The number of aromatic nitrogens is 1. The van der Waals surface area contributed by atoms with Gasteiger partial charge in [0.2, 0.25) is 5.91 Å². The molecule has 1 fully saturated rings. The van der Waals surface area contributed by atoms with Crippen molar-refractivity contribution in [1.29, 1.82) is 5.26 Å². The molecule has 1 saturated heterocycles. The highest BCUT2D eigenvalue weighted by molar-refractivity contribution is 5.73. The zero-order chi connectivity index (χ0) is 16.1. The molecule has 1 amide bonds. The number of nitriles is 1. The van der Waals surface area contributed by atoms with Crippen LogP contribution in [0.5, 0.6) is 0 Å². The lowest BCUT2D eigenvalue weighted by Gasteiger charge is -2.32. The van der Waals surface area contributed by atoms with Crippen LogP contribution < -0.4 is 5.32 Å². The monoisotopic (exact) mass is 302 g/mol. The number of nitrogens with zero attached hydrogens (tertiary/aromatic N) is 3. The molecule has 6 nitrogen and oxygen atoms in total. The minimum atomic E-state index is -0.0892. The third-order valence-electron chi connectivity index (χ3n) is 3.71. The van der Waals surface area contributed by atoms with Crippen molar-refractivity contribution in [2.75, 3.05) is 31.6 Å². The van der Waals surface area contributed by atoms with Crippen LogP contribution in [0.3, 0.4) is 0 Å². The topological polar surface area (TPSA) is 78.2 Å². The Kier molecular flexibility index (Phi) is 5.34. The predicted molar refractivity (Wildman–Crippen MR) is 83.5 cm³/mol. The molecular weight excluding hydrogens is 280 g/mol. The number of pyridine rings is 1. The van der Waals surface area contributed by atoms with Gasteiger partial charge in [-0.15, -0.1) is 0 Å². The van der Waals surface area contributed by atoms with Crippen LogP contribution in [0.15, 0.2) is 12.1 Å². The zero-order valence-electron chi connectivity index (χ0n) is 13.3. The van der Waals surface area contributed by atoms with E-state index in [0.717, 1.165) is 5.69 Å². The molecule has 1 N–H and O–H groups in total. The summed E-state index contributed by atoms with van der Waals surface area (Å²) in [6.07, 6.45) is -0.0892. The highest BCUT2D eigenvalue weighted by atomic mass is 16.5. The van der Waals surface area contributed by atoms with E-state index in [1.165, 1.54) is 0 Å². The first-order chi connectivity index (χ1) is 10.5. The molecule has 0 bridgehead atoms. The van der Waals surface area contributed by atoms with Crippen LogP contribution in [-0.2, 0) is 9.53 Å². The molecule has 1 aromatic heterocycles. The minimum Gasteiger partial charge on any atom is -0.373 e. The predicted octanol–water partition coefficient (Wildman–Crippen LogP) is 1.74. The van der Waals surface area contributed by atoms with Crippen LogP contribution in [0.1, 0.15) is 37.9 Å². The summed E-state index contributed by atoms with van der Waals surface area (Å²) in [5.41, 5.74) is 1.46. The molecule has 22 heavy (non-hydrogen) atoms. The molecule has 0 saturated carbocycles. The van der Waals surface area contributed by atoms with Crippen molar-refractivity contribution in [1.82, 2.24) is 9.88 Å². The standard InChI is InChI=1S/C16H22N4O2/c1-11(2)15-5-4-13(8-17)16(19-15)18-9-14-10-20(12(3)21)6-7-22-14/h4-5,11,14H,6-7,9-10H2,1-3H3,(H,18,19)/t14-/m1/s1. The largest absolute Gasteiger partial charge is 0.373 e. The summed E-state index contributed by atoms with van der Waals surface area (Å²) in [7, 11) is 0. The van der Waals surface area contributed by atoms with E-state index in [1.54, 1.807) is 17.9 Å². The number of carbonyl (C=O) groups excluding carboxylic acids is 1. The van der Waals surface area contributed by atoms with Crippen LogP contribution in [0.25, 0.3) is 0 Å². The normalized spacial score (nSPS) is 18.1. The van der Waals surface area contributed by atoms with Crippen molar-refractivity contribution in [2.45, 2.75) is 32.8 Å². The maximum absolute atomic E-state index is 11.4. The molecule has 0 unspecified atom stereocenters. The molecule has 1 aliphatic heterocycles. The molecule has 0 spiro atoms. The fraction of sp³-hybridized carbons (Fsp3) is 0.562. The fourth-order valence-electron chi connectivity index (χ4n) is 2.36. The Balaban J connectivity index is 2.03. The van der Waals surface area contributed by atoms with Crippen molar-refractivity contribution >= 4 is 11.7 Å². The average molecular weight is 302 g/mol. The van der Waals surface area contributed by atoms with Gasteiger partial charge in [-0.3, -0.25) is 4.79 Å². The molecule has 0 aliphatic carbocycles. The average Bonchev–Trinajstić information content (AvgIpc) is 2.52. The van der Waals surface area contributed by atoms with Gasteiger partial charge in [-0.25, -0.2) is 4.98 Å². The number of morpholine rings is 1. The summed E-state index contributed by atoms with van der Waals surface area (Å²) in [5, 5.41) is 12.4.